The van der Waals surface area contributed by atoms with Crippen molar-refractivity contribution < 1.29 is 0 Å². The van der Waals surface area contributed by atoms with Crippen LogP contribution in [0.4, 0.5) is 11.4 Å². The molecule has 0 spiro atoms. The highest BCUT2D eigenvalue weighted by Gasteiger charge is 2.18. The van der Waals surface area contributed by atoms with E-state index in [-0.39, 0.29) is 0 Å². The standard InChI is InChI=1S/C34H20ClNS2/c35-25-18-21(20-8-2-1-3-9-20)14-16-26(25)36-27-19-22-15-17-30-32(23-10-4-6-12-28(23)37-30)31(22)33-24-11-5-7-13-29(24)38-34(27)33/h1-19,36H. The maximum Gasteiger partial charge on any atom is 0.0647 e. The smallest absolute Gasteiger partial charge is 0.0647 e. The lowest BCUT2D eigenvalue weighted by molar-refractivity contribution is 1.57. The highest BCUT2D eigenvalue weighted by molar-refractivity contribution is 7.27. The van der Waals surface area contributed by atoms with Gasteiger partial charge in [-0.2, -0.15) is 0 Å². The van der Waals surface area contributed by atoms with Gasteiger partial charge in [-0.1, -0.05) is 90.5 Å². The topological polar surface area (TPSA) is 12.0 Å². The predicted octanol–water partition coefficient (Wildman–Crippen LogP) is 11.6. The maximum absolute atomic E-state index is 6.85. The number of thiophene rings is 2. The number of halogens is 1. The predicted molar refractivity (Wildman–Crippen MR) is 170 cm³/mol. The quantitative estimate of drug-likeness (QED) is 0.234. The van der Waals surface area contributed by atoms with Crippen molar-refractivity contribution in [2.45, 2.75) is 0 Å². The van der Waals surface area contributed by atoms with E-state index in [4.69, 9.17) is 11.6 Å². The number of fused-ring (bicyclic) bond motifs is 9. The number of rotatable bonds is 3. The Morgan fingerprint density at radius 1 is 0.500 bits per heavy atom. The second-order valence-electron chi connectivity index (χ2n) is 9.55. The van der Waals surface area contributed by atoms with Crippen LogP contribution in [0.1, 0.15) is 0 Å². The molecule has 0 unspecified atom stereocenters. The number of benzene rings is 6. The lowest BCUT2D eigenvalue weighted by Gasteiger charge is -2.14. The third-order valence-electron chi connectivity index (χ3n) is 7.31. The van der Waals surface area contributed by atoms with Crippen LogP contribution >= 0.6 is 34.3 Å². The summed E-state index contributed by atoms with van der Waals surface area (Å²) in [5, 5.41) is 12.3. The first-order valence-electron chi connectivity index (χ1n) is 12.5. The summed E-state index contributed by atoms with van der Waals surface area (Å²) in [6, 6.07) is 41.0. The SMILES string of the molecule is Clc1cc(-c2ccccc2)ccc1Nc1cc2ccc3sc4ccccc4c3c2c2c1sc1ccccc12. The van der Waals surface area contributed by atoms with E-state index in [2.05, 4.69) is 108 Å². The van der Waals surface area contributed by atoms with Crippen LogP contribution in [0.3, 0.4) is 0 Å². The number of hydrogen-bond donors (Lipinski definition) is 1. The fraction of sp³-hybridized carbons (Fsp3) is 0. The van der Waals surface area contributed by atoms with E-state index < -0.39 is 0 Å². The minimum atomic E-state index is 0.708. The summed E-state index contributed by atoms with van der Waals surface area (Å²) in [6.07, 6.45) is 0. The monoisotopic (exact) mass is 541 g/mol. The minimum absolute atomic E-state index is 0.708. The first-order valence-corrected chi connectivity index (χ1v) is 14.6. The van der Waals surface area contributed by atoms with Crippen LogP contribution in [0.25, 0.3) is 62.2 Å². The summed E-state index contributed by atoms with van der Waals surface area (Å²) in [7, 11) is 0. The Kier molecular flexibility index (Phi) is 4.99. The Balaban J connectivity index is 1.39. The second kappa shape index (κ2) is 8.57. The molecule has 0 fully saturated rings. The van der Waals surface area contributed by atoms with Gasteiger partial charge < -0.3 is 5.32 Å². The molecule has 8 aromatic rings. The third-order valence-corrected chi connectivity index (χ3v) is 9.96. The van der Waals surface area contributed by atoms with Gasteiger partial charge in [-0.25, -0.2) is 0 Å². The first kappa shape index (κ1) is 22.1. The van der Waals surface area contributed by atoms with E-state index in [9.17, 15) is 0 Å². The zero-order valence-corrected chi connectivity index (χ0v) is 22.6. The van der Waals surface area contributed by atoms with Crippen molar-refractivity contribution in [3.05, 3.63) is 120 Å². The molecule has 0 aliphatic carbocycles. The lowest BCUT2D eigenvalue weighted by Crippen LogP contribution is -1.93. The van der Waals surface area contributed by atoms with Crippen molar-refractivity contribution in [1.29, 1.82) is 0 Å². The van der Waals surface area contributed by atoms with Gasteiger partial charge in [-0.3, -0.25) is 0 Å². The van der Waals surface area contributed by atoms with Gasteiger partial charge in [0.25, 0.3) is 0 Å². The Morgan fingerprint density at radius 2 is 1.21 bits per heavy atom. The average molecular weight is 542 g/mol. The molecule has 38 heavy (non-hydrogen) atoms. The van der Waals surface area contributed by atoms with Crippen molar-refractivity contribution in [3.63, 3.8) is 0 Å². The van der Waals surface area contributed by atoms with Gasteiger partial charge in [0.1, 0.15) is 0 Å². The molecule has 0 aliphatic rings. The van der Waals surface area contributed by atoms with Gasteiger partial charge in [0.15, 0.2) is 0 Å². The lowest BCUT2D eigenvalue weighted by atomic mass is 9.98. The molecular weight excluding hydrogens is 522 g/mol. The molecule has 1 nitrogen and oxygen atoms in total. The van der Waals surface area contributed by atoms with Crippen molar-refractivity contribution >= 4 is 96.8 Å². The van der Waals surface area contributed by atoms with Gasteiger partial charge in [0, 0.05) is 41.0 Å². The van der Waals surface area contributed by atoms with Gasteiger partial charge >= 0.3 is 0 Å². The van der Waals surface area contributed by atoms with E-state index >= 15 is 0 Å². The zero-order chi connectivity index (χ0) is 25.2. The Morgan fingerprint density at radius 3 is 2.00 bits per heavy atom. The highest BCUT2D eigenvalue weighted by atomic mass is 35.5. The summed E-state index contributed by atoms with van der Waals surface area (Å²) in [6.45, 7) is 0. The van der Waals surface area contributed by atoms with Gasteiger partial charge in [0.2, 0.25) is 0 Å². The molecule has 0 radical (unpaired) electrons. The molecule has 1 N–H and O–H groups in total. The summed E-state index contributed by atoms with van der Waals surface area (Å²) in [5.41, 5.74) is 4.26. The Bertz CT molecular complexity index is 2170. The minimum Gasteiger partial charge on any atom is -0.353 e. The fourth-order valence-electron chi connectivity index (χ4n) is 5.59. The molecule has 6 aromatic carbocycles. The zero-order valence-electron chi connectivity index (χ0n) is 20.2. The number of anilines is 2. The van der Waals surface area contributed by atoms with E-state index in [1.807, 2.05) is 34.8 Å². The first-order chi connectivity index (χ1) is 18.7. The molecule has 0 atom stereocenters. The fourth-order valence-corrected chi connectivity index (χ4v) is 8.11. The van der Waals surface area contributed by atoms with Crippen LogP contribution in [0.5, 0.6) is 0 Å². The van der Waals surface area contributed by atoms with E-state index in [0.29, 0.717) is 5.02 Å². The molecule has 2 heterocycles. The van der Waals surface area contributed by atoms with Gasteiger partial charge in [0.05, 0.1) is 21.1 Å². The van der Waals surface area contributed by atoms with Crippen molar-refractivity contribution in [1.82, 2.24) is 0 Å². The molecule has 0 amide bonds. The van der Waals surface area contributed by atoms with Gasteiger partial charge in [-0.15, -0.1) is 22.7 Å². The molecule has 0 saturated carbocycles. The molecule has 180 valence electrons. The Hall–Kier alpha value is -3.89. The number of nitrogens with one attached hydrogen (secondary N) is 1. The molecule has 0 bridgehead atoms. The van der Waals surface area contributed by atoms with E-state index in [1.165, 1.54) is 51.1 Å². The van der Waals surface area contributed by atoms with Crippen LogP contribution in [0.15, 0.2) is 115 Å². The van der Waals surface area contributed by atoms with Crippen molar-refractivity contribution in [2.24, 2.45) is 0 Å². The molecule has 8 rings (SSSR count). The van der Waals surface area contributed by atoms with E-state index in [1.54, 1.807) is 0 Å². The van der Waals surface area contributed by atoms with Crippen LogP contribution < -0.4 is 5.32 Å². The molecule has 4 heteroatoms. The van der Waals surface area contributed by atoms with Crippen LogP contribution in [0, 0.1) is 0 Å². The molecular formula is C34H20ClNS2. The molecule has 2 aromatic heterocycles. The van der Waals surface area contributed by atoms with E-state index in [0.717, 1.165) is 22.5 Å². The maximum atomic E-state index is 6.85. The Labute approximate surface area is 232 Å². The summed E-state index contributed by atoms with van der Waals surface area (Å²) >= 11 is 10.6. The normalized spacial score (nSPS) is 11.8. The number of hydrogen-bond acceptors (Lipinski definition) is 3. The average Bonchev–Trinajstić information content (AvgIpc) is 3.54. The summed E-state index contributed by atoms with van der Waals surface area (Å²) < 4.78 is 5.20. The van der Waals surface area contributed by atoms with Crippen molar-refractivity contribution in [2.75, 3.05) is 5.32 Å². The molecule has 0 aliphatic heterocycles. The highest BCUT2D eigenvalue weighted by Crippen LogP contribution is 2.48. The second-order valence-corrected chi connectivity index (χ2v) is 12.1. The summed E-state index contributed by atoms with van der Waals surface area (Å²) in [5.74, 6) is 0. The summed E-state index contributed by atoms with van der Waals surface area (Å²) in [4.78, 5) is 0. The van der Waals surface area contributed by atoms with Crippen LogP contribution in [0.2, 0.25) is 5.02 Å². The van der Waals surface area contributed by atoms with Crippen molar-refractivity contribution in [3.8, 4) is 11.1 Å². The van der Waals surface area contributed by atoms with Crippen LogP contribution in [-0.2, 0) is 0 Å². The van der Waals surface area contributed by atoms with Crippen LogP contribution in [-0.4, -0.2) is 0 Å². The van der Waals surface area contributed by atoms with Gasteiger partial charge in [-0.05, 0) is 52.9 Å². The third kappa shape index (κ3) is 3.36. The molecule has 0 saturated heterocycles. The largest absolute Gasteiger partial charge is 0.353 e.